The summed E-state index contributed by atoms with van der Waals surface area (Å²) < 4.78 is 44.3. The summed E-state index contributed by atoms with van der Waals surface area (Å²) >= 11 is 0. The molecule has 0 amide bonds. The molecule has 0 heterocycles. The maximum Gasteiger partial charge on any atom is 0.389 e. The van der Waals surface area contributed by atoms with Gasteiger partial charge in [0, 0.05) is 20.1 Å². The average Bonchev–Trinajstić information content (AvgIpc) is 2.02. The van der Waals surface area contributed by atoms with Crippen LogP contribution in [-0.4, -0.2) is 44.3 Å². The summed E-state index contributed by atoms with van der Waals surface area (Å²) in [5, 5.41) is 9.04. The van der Waals surface area contributed by atoms with Crippen molar-refractivity contribution in [2.45, 2.75) is 25.1 Å². The van der Waals surface area contributed by atoms with Crippen molar-refractivity contribution in [1.29, 1.82) is 0 Å². The molecule has 0 aromatic carbocycles. The molecule has 0 bridgehead atoms. The molecule has 0 aromatic rings. The predicted molar refractivity (Wildman–Crippen MR) is 44.0 cm³/mol. The van der Waals surface area contributed by atoms with Gasteiger partial charge in [0.2, 0.25) is 0 Å². The SMILES string of the molecule is COCC(O)COCCCC(F)(F)F. The van der Waals surface area contributed by atoms with E-state index in [9.17, 15) is 13.2 Å². The lowest BCUT2D eigenvalue weighted by molar-refractivity contribution is -0.138. The van der Waals surface area contributed by atoms with Crippen LogP contribution in [0.4, 0.5) is 13.2 Å². The van der Waals surface area contributed by atoms with Crippen LogP contribution in [0.3, 0.4) is 0 Å². The molecule has 3 nitrogen and oxygen atoms in total. The third kappa shape index (κ3) is 9.76. The van der Waals surface area contributed by atoms with Crippen molar-refractivity contribution < 1.29 is 27.8 Å². The highest BCUT2D eigenvalue weighted by Crippen LogP contribution is 2.20. The Labute approximate surface area is 80.8 Å². The van der Waals surface area contributed by atoms with Gasteiger partial charge in [0.25, 0.3) is 0 Å². The molecule has 1 atom stereocenters. The maximum atomic E-state index is 11.6. The molecule has 0 saturated heterocycles. The standard InChI is InChI=1S/C8H15F3O3/c1-13-5-7(12)6-14-4-2-3-8(9,10)11/h7,12H,2-6H2,1H3. The summed E-state index contributed by atoms with van der Waals surface area (Å²) in [6, 6.07) is 0. The number of aliphatic hydroxyl groups excluding tert-OH is 1. The number of hydrogen-bond acceptors (Lipinski definition) is 3. The van der Waals surface area contributed by atoms with E-state index in [-0.39, 0.29) is 26.2 Å². The first-order valence-corrected chi connectivity index (χ1v) is 4.27. The number of halogens is 3. The van der Waals surface area contributed by atoms with Crippen molar-refractivity contribution in [3.63, 3.8) is 0 Å². The number of alkyl halides is 3. The second-order valence-electron chi connectivity index (χ2n) is 2.90. The lowest BCUT2D eigenvalue weighted by Gasteiger charge is -2.10. The summed E-state index contributed by atoms with van der Waals surface area (Å²) in [4.78, 5) is 0. The molecule has 0 saturated carbocycles. The van der Waals surface area contributed by atoms with Gasteiger partial charge in [-0.05, 0) is 6.42 Å². The Morgan fingerprint density at radius 2 is 1.93 bits per heavy atom. The largest absolute Gasteiger partial charge is 0.389 e. The van der Waals surface area contributed by atoms with E-state index in [0.29, 0.717) is 0 Å². The molecule has 0 aromatic heterocycles. The lowest BCUT2D eigenvalue weighted by Crippen LogP contribution is -2.21. The van der Waals surface area contributed by atoms with Gasteiger partial charge in [0.15, 0.2) is 0 Å². The number of hydrogen-bond donors (Lipinski definition) is 1. The fourth-order valence-electron chi connectivity index (χ4n) is 0.835. The van der Waals surface area contributed by atoms with Crippen LogP contribution >= 0.6 is 0 Å². The number of rotatable bonds is 7. The minimum atomic E-state index is -4.13. The minimum absolute atomic E-state index is 0.000282. The molecule has 0 rings (SSSR count). The molecule has 0 aliphatic rings. The molecule has 14 heavy (non-hydrogen) atoms. The van der Waals surface area contributed by atoms with Crippen molar-refractivity contribution in [3.05, 3.63) is 0 Å². The van der Waals surface area contributed by atoms with Gasteiger partial charge in [-0.1, -0.05) is 0 Å². The lowest BCUT2D eigenvalue weighted by atomic mass is 10.3. The van der Waals surface area contributed by atoms with Crippen molar-refractivity contribution in [2.75, 3.05) is 26.9 Å². The van der Waals surface area contributed by atoms with Crippen LogP contribution < -0.4 is 0 Å². The van der Waals surface area contributed by atoms with Gasteiger partial charge in [-0.3, -0.25) is 0 Å². The highest BCUT2D eigenvalue weighted by molar-refractivity contribution is 4.52. The van der Waals surface area contributed by atoms with E-state index in [1.165, 1.54) is 7.11 Å². The van der Waals surface area contributed by atoms with E-state index in [2.05, 4.69) is 4.74 Å². The topological polar surface area (TPSA) is 38.7 Å². The van der Waals surface area contributed by atoms with Gasteiger partial charge in [-0.2, -0.15) is 13.2 Å². The normalized spacial score (nSPS) is 14.4. The van der Waals surface area contributed by atoms with Gasteiger partial charge < -0.3 is 14.6 Å². The first-order valence-electron chi connectivity index (χ1n) is 4.27. The highest BCUT2D eigenvalue weighted by atomic mass is 19.4. The van der Waals surface area contributed by atoms with Crippen molar-refractivity contribution in [2.24, 2.45) is 0 Å². The van der Waals surface area contributed by atoms with Gasteiger partial charge in [-0.15, -0.1) is 0 Å². The Bertz CT molecular complexity index is 138. The second kappa shape index (κ2) is 7.03. The summed E-state index contributed by atoms with van der Waals surface area (Å²) in [5.74, 6) is 0. The Morgan fingerprint density at radius 1 is 1.29 bits per heavy atom. The molecule has 86 valence electrons. The molecule has 6 heteroatoms. The first-order chi connectivity index (χ1) is 6.45. The van der Waals surface area contributed by atoms with Crippen LogP contribution in [0.2, 0.25) is 0 Å². The van der Waals surface area contributed by atoms with Crippen LogP contribution in [0.15, 0.2) is 0 Å². The molecule has 0 fully saturated rings. The fourth-order valence-corrected chi connectivity index (χ4v) is 0.835. The molecule has 1 N–H and O–H groups in total. The monoisotopic (exact) mass is 216 g/mol. The third-order valence-electron chi connectivity index (χ3n) is 1.42. The van der Waals surface area contributed by atoms with Crippen molar-refractivity contribution in [3.8, 4) is 0 Å². The number of ether oxygens (including phenoxy) is 2. The molecular formula is C8H15F3O3. The van der Waals surface area contributed by atoms with Crippen LogP contribution in [-0.2, 0) is 9.47 Å². The smallest absolute Gasteiger partial charge is 0.388 e. The Hall–Kier alpha value is -0.330. The van der Waals surface area contributed by atoms with Crippen LogP contribution in [0.1, 0.15) is 12.8 Å². The highest BCUT2D eigenvalue weighted by Gasteiger charge is 2.25. The van der Waals surface area contributed by atoms with Gasteiger partial charge in [0.1, 0.15) is 6.10 Å². The Morgan fingerprint density at radius 3 is 2.43 bits per heavy atom. The fraction of sp³-hybridized carbons (Fsp3) is 1.00. The van der Waals surface area contributed by atoms with Gasteiger partial charge in [0.05, 0.1) is 13.2 Å². The summed E-state index contributed by atoms with van der Waals surface area (Å²) in [6.45, 7) is 0.130. The van der Waals surface area contributed by atoms with Crippen LogP contribution in [0.5, 0.6) is 0 Å². The zero-order valence-electron chi connectivity index (χ0n) is 8.01. The minimum Gasteiger partial charge on any atom is -0.388 e. The summed E-state index contributed by atoms with van der Waals surface area (Å²) in [5.41, 5.74) is 0. The summed E-state index contributed by atoms with van der Waals surface area (Å²) in [7, 11) is 1.42. The molecule has 0 aliphatic heterocycles. The van der Waals surface area contributed by atoms with Gasteiger partial charge in [-0.25, -0.2) is 0 Å². The van der Waals surface area contributed by atoms with E-state index in [1.807, 2.05) is 0 Å². The second-order valence-corrected chi connectivity index (χ2v) is 2.90. The van der Waals surface area contributed by atoms with E-state index in [4.69, 9.17) is 9.84 Å². The van der Waals surface area contributed by atoms with Crippen molar-refractivity contribution >= 4 is 0 Å². The first kappa shape index (κ1) is 13.7. The van der Waals surface area contributed by atoms with Crippen LogP contribution in [0, 0.1) is 0 Å². The quantitative estimate of drug-likeness (QED) is 0.653. The van der Waals surface area contributed by atoms with E-state index >= 15 is 0 Å². The number of methoxy groups -OCH3 is 1. The molecular weight excluding hydrogens is 201 g/mol. The molecule has 0 radical (unpaired) electrons. The maximum absolute atomic E-state index is 11.6. The predicted octanol–water partition coefficient (Wildman–Crippen LogP) is 1.35. The molecule has 1 unspecified atom stereocenters. The zero-order chi connectivity index (χ0) is 11.0. The Kier molecular flexibility index (Phi) is 6.86. The zero-order valence-corrected chi connectivity index (χ0v) is 8.01. The third-order valence-corrected chi connectivity index (χ3v) is 1.42. The van der Waals surface area contributed by atoms with E-state index in [0.717, 1.165) is 0 Å². The number of aliphatic hydroxyl groups is 1. The Balaban J connectivity index is 3.21. The van der Waals surface area contributed by atoms with Crippen molar-refractivity contribution in [1.82, 2.24) is 0 Å². The molecule has 0 aliphatic carbocycles. The summed E-state index contributed by atoms with van der Waals surface area (Å²) in [6.07, 6.45) is -5.84. The van der Waals surface area contributed by atoms with Crippen LogP contribution in [0.25, 0.3) is 0 Å². The van der Waals surface area contributed by atoms with Gasteiger partial charge >= 0.3 is 6.18 Å². The van der Waals surface area contributed by atoms with E-state index < -0.39 is 18.7 Å². The average molecular weight is 216 g/mol. The molecule has 0 spiro atoms. The van der Waals surface area contributed by atoms with E-state index in [1.54, 1.807) is 0 Å².